The van der Waals surface area contributed by atoms with E-state index < -0.39 is 0 Å². The van der Waals surface area contributed by atoms with Gasteiger partial charge in [-0.15, -0.1) is 0 Å². The van der Waals surface area contributed by atoms with E-state index in [1.54, 1.807) is 0 Å². The molecular formula is C23H30N4O2. The van der Waals surface area contributed by atoms with Crippen LogP contribution in [0.4, 0.5) is 10.5 Å². The molecule has 1 aromatic carbocycles. The summed E-state index contributed by atoms with van der Waals surface area (Å²) in [6, 6.07) is 12.3. The van der Waals surface area contributed by atoms with E-state index in [-0.39, 0.29) is 23.6 Å². The number of likely N-dealkylation sites (tertiary alicyclic amines) is 1. The third-order valence-electron chi connectivity index (χ3n) is 6.00. The van der Waals surface area contributed by atoms with Crippen molar-refractivity contribution in [2.75, 3.05) is 32.1 Å². The highest BCUT2D eigenvalue weighted by atomic mass is 16.2. The lowest BCUT2D eigenvalue weighted by Crippen LogP contribution is -2.52. The second kappa shape index (κ2) is 7.58. The molecule has 2 bridgehead atoms. The Balaban J connectivity index is 1.62. The molecule has 2 atom stereocenters. The predicted octanol–water partition coefficient (Wildman–Crippen LogP) is 3.12. The molecule has 2 aliphatic rings. The van der Waals surface area contributed by atoms with E-state index >= 15 is 0 Å². The van der Waals surface area contributed by atoms with Crippen LogP contribution in [0, 0.1) is 5.92 Å². The molecule has 0 spiro atoms. The molecule has 2 aliphatic heterocycles. The van der Waals surface area contributed by atoms with Crippen molar-refractivity contribution >= 4 is 11.7 Å². The summed E-state index contributed by atoms with van der Waals surface area (Å²) in [6.45, 7) is 6.02. The fraction of sp³-hybridized carbons (Fsp3) is 0.478. The Morgan fingerprint density at radius 3 is 2.45 bits per heavy atom. The molecule has 0 radical (unpaired) electrons. The number of nitrogens with one attached hydrogen (secondary N) is 1. The van der Waals surface area contributed by atoms with Crippen LogP contribution in [0.25, 0.3) is 11.1 Å². The second-order valence-corrected chi connectivity index (χ2v) is 8.84. The number of aromatic nitrogens is 1. The largest absolute Gasteiger partial charge is 0.378 e. The van der Waals surface area contributed by atoms with Gasteiger partial charge in [0.25, 0.3) is 5.56 Å². The van der Waals surface area contributed by atoms with Crippen molar-refractivity contribution in [2.24, 2.45) is 5.92 Å². The van der Waals surface area contributed by atoms with Crippen molar-refractivity contribution < 1.29 is 4.79 Å². The first-order valence-corrected chi connectivity index (χ1v) is 10.4. The molecule has 2 aromatic rings. The lowest BCUT2D eigenvalue weighted by Gasteiger charge is -2.43. The Morgan fingerprint density at radius 2 is 1.79 bits per heavy atom. The number of nitrogens with zero attached hydrogens (tertiary/aromatic N) is 3. The number of amides is 2. The van der Waals surface area contributed by atoms with Crippen molar-refractivity contribution in [1.29, 1.82) is 0 Å². The molecule has 4 rings (SSSR count). The van der Waals surface area contributed by atoms with Crippen molar-refractivity contribution in [3.63, 3.8) is 0 Å². The molecule has 2 amide bonds. The van der Waals surface area contributed by atoms with Crippen LogP contribution in [0.15, 0.2) is 41.2 Å². The standard InChI is InChI=1S/C23H30N4O2/c1-15(2)24-23(29)26-12-16-11-18(14-26)21-10-9-20(22(28)27(21)13-16)17-5-7-19(8-6-17)25(3)4/h5-10,15-16,18H,11-14H2,1-4H3,(H,24,29)/t16-,18+/m0/s1. The van der Waals surface area contributed by atoms with Crippen LogP contribution in [0.5, 0.6) is 0 Å². The maximum atomic E-state index is 13.3. The molecule has 1 fully saturated rings. The van der Waals surface area contributed by atoms with Gasteiger partial charge in [-0.1, -0.05) is 12.1 Å². The Kier molecular flexibility index (Phi) is 5.11. The molecule has 154 valence electrons. The number of carbonyl (C=O) groups is 1. The van der Waals surface area contributed by atoms with Gasteiger partial charge in [0.2, 0.25) is 0 Å². The van der Waals surface area contributed by atoms with E-state index in [0.29, 0.717) is 25.6 Å². The number of fused-ring (bicyclic) bond motifs is 4. The molecule has 1 N–H and O–H groups in total. The number of piperidine rings is 1. The normalized spacial score (nSPS) is 20.4. The van der Waals surface area contributed by atoms with Crippen LogP contribution in [-0.2, 0) is 6.54 Å². The van der Waals surface area contributed by atoms with E-state index in [9.17, 15) is 9.59 Å². The third-order valence-corrected chi connectivity index (χ3v) is 6.00. The number of carbonyl (C=O) groups excluding carboxylic acids is 1. The summed E-state index contributed by atoms with van der Waals surface area (Å²) in [4.78, 5) is 29.7. The topological polar surface area (TPSA) is 57.6 Å². The summed E-state index contributed by atoms with van der Waals surface area (Å²) in [6.07, 6.45) is 1.04. The highest BCUT2D eigenvalue weighted by molar-refractivity contribution is 5.74. The molecule has 0 aliphatic carbocycles. The molecule has 0 unspecified atom stereocenters. The molecular weight excluding hydrogens is 364 g/mol. The van der Waals surface area contributed by atoms with Crippen LogP contribution in [0.3, 0.4) is 0 Å². The summed E-state index contributed by atoms with van der Waals surface area (Å²) in [5.74, 6) is 0.543. The van der Waals surface area contributed by atoms with Crippen LogP contribution >= 0.6 is 0 Å². The van der Waals surface area contributed by atoms with Gasteiger partial charge < -0.3 is 19.7 Å². The first-order chi connectivity index (χ1) is 13.8. The average molecular weight is 395 g/mol. The summed E-state index contributed by atoms with van der Waals surface area (Å²) >= 11 is 0. The number of hydrogen-bond acceptors (Lipinski definition) is 3. The number of anilines is 1. The Hall–Kier alpha value is -2.76. The lowest BCUT2D eigenvalue weighted by atomic mass is 9.83. The van der Waals surface area contributed by atoms with Crippen LogP contribution in [0.2, 0.25) is 0 Å². The fourth-order valence-corrected chi connectivity index (χ4v) is 4.61. The Bertz CT molecular complexity index is 962. The lowest BCUT2D eigenvalue weighted by molar-refractivity contribution is 0.130. The molecule has 6 nitrogen and oxygen atoms in total. The summed E-state index contributed by atoms with van der Waals surface area (Å²) < 4.78 is 1.95. The van der Waals surface area contributed by atoms with Crippen LogP contribution in [-0.4, -0.2) is 48.7 Å². The maximum absolute atomic E-state index is 13.3. The SMILES string of the molecule is CC(C)NC(=O)N1C[C@@H]2C[C@H](C1)c1ccc(-c3ccc(N(C)C)cc3)c(=O)n1C2. The second-order valence-electron chi connectivity index (χ2n) is 8.84. The van der Waals surface area contributed by atoms with Gasteiger partial charge in [-0.05, 0) is 56.0 Å². The molecule has 1 saturated heterocycles. The zero-order valence-electron chi connectivity index (χ0n) is 17.7. The van der Waals surface area contributed by atoms with Crippen LogP contribution < -0.4 is 15.8 Å². The molecule has 29 heavy (non-hydrogen) atoms. The zero-order valence-corrected chi connectivity index (χ0v) is 17.7. The number of urea groups is 1. The molecule has 0 saturated carbocycles. The van der Waals surface area contributed by atoms with E-state index in [1.807, 2.05) is 72.6 Å². The first-order valence-electron chi connectivity index (χ1n) is 10.4. The zero-order chi connectivity index (χ0) is 20.7. The number of pyridine rings is 1. The van der Waals surface area contributed by atoms with Crippen molar-refractivity contribution in [2.45, 2.75) is 38.8 Å². The highest BCUT2D eigenvalue weighted by Crippen LogP contribution is 2.36. The van der Waals surface area contributed by atoms with Gasteiger partial charge in [0.15, 0.2) is 0 Å². The van der Waals surface area contributed by atoms with Gasteiger partial charge in [0, 0.05) is 62.6 Å². The van der Waals surface area contributed by atoms with E-state index in [0.717, 1.165) is 28.9 Å². The average Bonchev–Trinajstić information content (AvgIpc) is 2.68. The summed E-state index contributed by atoms with van der Waals surface area (Å²) in [5.41, 5.74) is 3.94. The van der Waals surface area contributed by atoms with Gasteiger partial charge in [-0.2, -0.15) is 0 Å². The van der Waals surface area contributed by atoms with E-state index in [2.05, 4.69) is 11.4 Å². The fourth-order valence-electron chi connectivity index (χ4n) is 4.61. The molecule has 3 heterocycles. The van der Waals surface area contributed by atoms with Crippen molar-refractivity contribution in [1.82, 2.24) is 14.8 Å². The van der Waals surface area contributed by atoms with Gasteiger partial charge in [-0.3, -0.25) is 4.79 Å². The minimum absolute atomic E-state index is 0.00287. The summed E-state index contributed by atoms with van der Waals surface area (Å²) in [5, 5.41) is 3.00. The van der Waals surface area contributed by atoms with Crippen molar-refractivity contribution in [3.8, 4) is 11.1 Å². The minimum Gasteiger partial charge on any atom is -0.378 e. The number of hydrogen-bond donors (Lipinski definition) is 1. The van der Waals surface area contributed by atoms with Gasteiger partial charge in [0.05, 0.1) is 0 Å². The van der Waals surface area contributed by atoms with Gasteiger partial charge >= 0.3 is 6.03 Å². The minimum atomic E-state index is 0.00287. The van der Waals surface area contributed by atoms with Crippen molar-refractivity contribution in [3.05, 3.63) is 52.4 Å². The van der Waals surface area contributed by atoms with E-state index in [4.69, 9.17) is 0 Å². The third kappa shape index (κ3) is 3.76. The molecule has 1 aromatic heterocycles. The Labute approximate surface area is 172 Å². The van der Waals surface area contributed by atoms with Crippen LogP contribution in [0.1, 0.15) is 31.9 Å². The molecule has 6 heteroatoms. The number of benzene rings is 1. The monoisotopic (exact) mass is 394 g/mol. The van der Waals surface area contributed by atoms with E-state index in [1.165, 1.54) is 0 Å². The van der Waals surface area contributed by atoms with Gasteiger partial charge in [-0.25, -0.2) is 4.79 Å². The quantitative estimate of drug-likeness (QED) is 0.870. The highest BCUT2D eigenvalue weighted by Gasteiger charge is 2.36. The number of rotatable bonds is 3. The summed E-state index contributed by atoms with van der Waals surface area (Å²) in [7, 11) is 4.01. The van der Waals surface area contributed by atoms with Gasteiger partial charge in [0.1, 0.15) is 0 Å². The Morgan fingerprint density at radius 1 is 1.07 bits per heavy atom. The first kappa shape index (κ1) is 19.6. The predicted molar refractivity (Wildman–Crippen MR) is 117 cm³/mol. The maximum Gasteiger partial charge on any atom is 0.317 e. The smallest absolute Gasteiger partial charge is 0.317 e.